The van der Waals surface area contributed by atoms with Gasteiger partial charge in [0.1, 0.15) is 0 Å². The Morgan fingerprint density at radius 2 is 2.17 bits per heavy atom. The second-order valence-corrected chi connectivity index (χ2v) is 7.36. The summed E-state index contributed by atoms with van der Waals surface area (Å²) >= 11 is 0. The predicted octanol–water partition coefficient (Wildman–Crippen LogP) is 3.29. The van der Waals surface area contributed by atoms with Gasteiger partial charge in [-0.05, 0) is 42.9 Å². The van der Waals surface area contributed by atoms with E-state index in [-0.39, 0.29) is 0 Å². The van der Waals surface area contributed by atoms with Crippen LogP contribution in [0.25, 0.3) is 10.9 Å². The molecule has 2 aromatic rings. The number of amides is 1. The number of aromatic nitrogens is 1. The van der Waals surface area contributed by atoms with E-state index in [0.717, 1.165) is 45.3 Å². The molecule has 1 saturated heterocycles. The molecule has 4 rings (SSSR count). The van der Waals surface area contributed by atoms with E-state index in [1.807, 2.05) is 6.20 Å². The normalized spacial score (nSPS) is 24.5. The molecule has 128 valence electrons. The van der Waals surface area contributed by atoms with Crippen LogP contribution in [0.2, 0.25) is 0 Å². The van der Waals surface area contributed by atoms with E-state index in [0.29, 0.717) is 23.8 Å². The Kier molecular flexibility index (Phi) is 4.31. The molecular weight excluding hydrogens is 298 g/mol. The second kappa shape index (κ2) is 6.60. The zero-order valence-corrected chi connectivity index (χ0v) is 14.4. The van der Waals surface area contributed by atoms with Gasteiger partial charge in [-0.1, -0.05) is 25.5 Å². The SMILES string of the molecule is CC[C@H]1CN(C(=O)C2CC2)CC[C@H]1NCc1cccc2[nH]ccc12. The fraction of sp³-hybridized carbons (Fsp3) is 0.550. The van der Waals surface area contributed by atoms with E-state index in [9.17, 15) is 4.79 Å². The third kappa shape index (κ3) is 3.07. The molecule has 1 aliphatic carbocycles. The standard InChI is InChI=1S/C20H27N3O/c1-2-14-13-23(20(24)15-6-7-15)11-9-18(14)22-12-16-4-3-5-19-17(16)8-10-21-19/h3-5,8,10,14-15,18,21-22H,2,6-7,9,11-13H2,1H3/t14-,18+/m0/s1. The lowest BCUT2D eigenvalue weighted by Gasteiger charge is -2.39. The summed E-state index contributed by atoms with van der Waals surface area (Å²) in [7, 11) is 0. The number of aromatic amines is 1. The largest absolute Gasteiger partial charge is 0.361 e. The molecule has 24 heavy (non-hydrogen) atoms. The zero-order valence-electron chi connectivity index (χ0n) is 14.4. The lowest BCUT2D eigenvalue weighted by Crippen LogP contribution is -2.51. The number of carbonyl (C=O) groups is 1. The van der Waals surface area contributed by atoms with Gasteiger partial charge in [-0.3, -0.25) is 4.79 Å². The molecule has 1 aromatic heterocycles. The molecule has 4 nitrogen and oxygen atoms in total. The average molecular weight is 325 g/mol. The van der Waals surface area contributed by atoms with Crippen molar-refractivity contribution in [3.63, 3.8) is 0 Å². The van der Waals surface area contributed by atoms with Gasteiger partial charge in [0.2, 0.25) is 5.91 Å². The monoisotopic (exact) mass is 325 g/mol. The lowest BCUT2D eigenvalue weighted by molar-refractivity contribution is -0.134. The highest BCUT2D eigenvalue weighted by molar-refractivity contribution is 5.83. The highest BCUT2D eigenvalue weighted by Gasteiger charge is 2.37. The van der Waals surface area contributed by atoms with Crippen molar-refractivity contribution in [3.05, 3.63) is 36.0 Å². The van der Waals surface area contributed by atoms with Crippen LogP contribution >= 0.6 is 0 Å². The lowest BCUT2D eigenvalue weighted by atomic mass is 9.89. The number of nitrogens with zero attached hydrogens (tertiary/aromatic N) is 1. The summed E-state index contributed by atoms with van der Waals surface area (Å²) in [4.78, 5) is 17.7. The number of carbonyl (C=O) groups excluding carboxylic acids is 1. The van der Waals surface area contributed by atoms with Crippen LogP contribution in [0.15, 0.2) is 30.5 Å². The average Bonchev–Trinajstić information content (AvgIpc) is 3.36. The number of likely N-dealkylation sites (tertiary alicyclic amines) is 1. The summed E-state index contributed by atoms with van der Waals surface area (Å²) in [5.74, 6) is 1.31. The number of hydrogen-bond acceptors (Lipinski definition) is 2. The summed E-state index contributed by atoms with van der Waals surface area (Å²) in [5.41, 5.74) is 2.55. The van der Waals surface area contributed by atoms with Crippen molar-refractivity contribution >= 4 is 16.8 Å². The summed E-state index contributed by atoms with van der Waals surface area (Å²) in [5, 5.41) is 5.08. The first-order chi connectivity index (χ1) is 11.8. The van der Waals surface area contributed by atoms with Crippen molar-refractivity contribution < 1.29 is 4.79 Å². The number of piperidine rings is 1. The molecule has 1 amide bonds. The molecular formula is C20H27N3O. The van der Waals surface area contributed by atoms with Gasteiger partial charge in [0.25, 0.3) is 0 Å². The van der Waals surface area contributed by atoms with Crippen LogP contribution in [0, 0.1) is 11.8 Å². The topological polar surface area (TPSA) is 48.1 Å². The number of nitrogens with one attached hydrogen (secondary N) is 2. The van der Waals surface area contributed by atoms with Crippen molar-refractivity contribution in [3.8, 4) is 0 Å². The molecule has 2 fully saturated rings. The van der Waals surface area contributed by atoms with Gasteiger partial charge in [-0.15, -0.1) is 0 Å². The van der Waals surface area contributed by atoms with E-state index in [1.165, 1.54) is 16.5 Å². The van der Waals surface area contributed by atoms with E-state index in [4.69, 9.17) is 0 Å². The third-order valence-corrected chi connectivity index (χ3v) is 5.74. The summed E-state index contributed by atoms with van der Waals surface area (Å²) < 4.78 is 0. The summed E-state index contributed by atoms with van der Waals surface area (Å²) in [6.07, 6.45) is 6.41. The first-order valence-electron chi connectivity index (χ1n) is 9.33. The van der Waals surface area contributed by atoms with Crippen LogP contribution in [-0.4, -0.2) is 34.9 Å². The molecule has 0 unspecified atom stereocenters. The Balaban J connectivity index is 1.39. The van der Waals surface area contributed by atoms with Crippen molar-refractivity contribution in [2.24, 2.45) is 11.8 Å². The minimum absolute atomic E-state index is 0.346. The Labute approximate surface area is 143 Å². The minimum Gasteiger partial charge on any atom is -0.361 e. The molecule has 0 radical (unpaired) electrons. The highest BCUT2D eigenvalue weighted by Crippen LogP contribution is 2.33. The molecule has 2 heterocycles. The van der Waals surface area contributed by atoms with Crippen molar-refractivity contribution in [2.45, 2.75) is 45.2 Å². The zero-order chi connectivity index (χ0) is 16.5. The first kappa shape index (κ1) is 15.7. The molecule has 1 saturated carbocycles. The minimum atomic E-state index is 0.346. The molecule has 2 aliphatic rings. The molecule has 2 atom stereocenters. The Morgan fingerprint density at radius 3 is 2.96 bits per heavy atom. The molecule has 0 spiro atoms. The number of rotatable bonds is 5. The predicted molar refractivity (Wildman–Crippen MR) is 96.6 cm³/mol. The number of hydrogen-bond donors (Lipinski definition) is 2. The van der Waals surface area contributed by atoms with Gasteiger partial charge in [0.05, 0.1) is 0 Å². The fourth-order valence-corrected chi connectivity index (χ4v) is 4.05. The van der Waals surface area contributed by atoms with E-state index >= 15 is 0 Å². The number of benzene rings is 1. The van der Waals surface area contributed by atoms with Crippen LogP contribution in [0.4, 0.5) is 0 Å². The third-order valence-electron chi connectivity index (χ3n) is 5.74. The van der Waals surface area contributed by atoms with Crippen molar-refractivity contribution in [1.29, 1.82) is 0 Å². The quantitative estimate of drug-likeness (QED) is 0.886. The van der Waals surface area contributed by atoms with Crippen molar-refractivity contribution in [1.82, 2.24) is 15.2 Å². The van der Waals surface area contributed by atoms with E-state index in [1.54, 1.807) is 0 Å². The van der Waals surface area contributed by atoms with E-state index < -0.39 is 0 Å². The van der Waals surface area contributed by atoms with E-state index in [2.05, 4.69) is 46.4 Å². The van der Waals surface area contributed by atoms with Gasteiger partial charge >= 0.3 is 0 Å². The molecule has 1 aromatic carbocycles. The Morgan fingerprint density at radius 1 is 1.29 bits per heavy atom. The molecule has 0 bridgehead atoms. The molecule has 2 N–H and O–H groups in total. The maximum atomic E-state index is 12.3. The van der Waals surface area contributed by atoms with Gasteiger partial charge in [0, 0.05) is 48.7 Å². The van der Waals surface area contributed by atoms with Gasteiger partial charge in [-0.25, -0.2) is 0 Å². The Hall–Kier alpha value is -1.81. The smallest absolute Gasteiger partial charge is 0.225 e. The van der Waals surface area contributed by atoms with Gasteiger partial charge in [-0.2, -0.15) is 0 Å². The van der Waals surface area contributed by atoms with Crippen molar-refractivity contribution in [2.75, 3.05) is 13.1 Å². The molecule has 4 heteroatoms. The number of fused-ring (bicyclic) bond motifs is 1. The van der Waals surface area contributed by atoms with Crippen LogP contribution in [0.1, 0.15) is 38.2 Å². The van der Waals surface area contributed by atoms with Gasteiger partial charge < -0.3 is 15.2 Å². The number of H-pyrrole nitrogens is 1. The maximum absolute atomic E-state index is 12.3. The molecule has 1 aliphatic heterocycles. The second-order valence-electron chi connectivity index (χ2n) is 7.36. The fourth-order valence-electron chi connectivity index (χ4n) is 4.05. The van der Waals surface area contributed by atoms with Crippen LogP contribution < -0.4 is 5.32 Å². The summed E-state index contributed by atoms with van der Waals surface area (Å²) in [6.45, 7) is 4.99. The Bertz CT molecular complexity index is 718. The van der Waals surface area contributed by atoms with Crippen LogP contribution in [-0.2, 0) is 11.3 Å². The highest BCUT2D eigenvalue weighted by atomic mass is 16.2. The van der Waals surface area contributed by atoms with Crippen LogP contribution in [0.5, 0.6) is 0 Å². The first-order valence-corrected chi connectivity index (χ1v) is 9.33. The maximum Gasteiger partial charge on any atom is 0.225 e. The summed E-state index contributed by atoms with van der Waals surface area (Å²) in [6, 6.07) is 9.10. The van der Waals surface area contributed by atoms with Gasteiger partial charge in [0.15, 0.2) is 0 Å². The van der Waals surface area contributed by atoms with Crippen LogP contribution in [0.3, 0.4) is 0 Å².